The Bertz CT molecular complexity index is 592. The summed E-state index contributed by atoms with van der Waals surface area (Å²) < 4.78 is 10.9. The van der Waals surface area contributed by atoms with Gasteiger partial charge in [0, 0.05) is 18.7 Å². The van der Waals surface area contributed by atoms with Crippen molar-refractivity contribution in [2.75, 3.05) is 12.4 Å². The molecule has 0 saturated heterocycles. The van der Waals surface area contributed by atoms with Crippen LogP contribution in [0.1, 0.15) is 18.1 Å². The van der Waals surface area contributed by atoms with E-state index in [1.807, 2.05) is 24.3 Å². The van der Waals surface area contributed by atoms with E-state index in [-0.39, 0.29) is 0 Å². The van der Waals surface area contributed by atoms with Gasteiger partial charge >= 0.3 is 0 Å². The summed E-state index contributed by atoms with van der Waals surface area (Å²) in [5, 5.41) is 3.42. The third-order valence-corrected chi connectivity index (χ3v) is 3.55. The number of anilines is 1. The summed E-state index contributed by atoms with van der Waals surface area (Å²) in [6.07, 6.45) is 1.31. The van der Waals surface area contributed by atoms with Gasteiger partial charge in [0.2, 0.25) is 0 Å². The molecule has 1 aliphatic rings. The van der Waals surface area contributed by atoms with Gasteiger partial charge < -0.3 is 14.8 Å². The first kappa shape index (κ1) is 12.9. The number of ether oxygens (including phenoxy) is 2. The molecule has 3 heteroatoms. The number of hydrogen-bond acceptors (Lipinski definition) is 3. The molecule has 2 aromatic carbocycles. The molecule has 0 amide bonds. The van der Waals surface area contributed by atoms with Gasteiger partial charge in [-0.15, -0.1) is 0 Å². The fraction of sp³-hybridized carbons (Fsp3) is 0.294. The fourth-order valence-electron chi connectivity index (χ4n) is 2.50. The summed E-state index contributed by atoms with van der Waals surface area (Å²) in [5.41, 5.74) is 3.68. The third kappa shape index (κ3) is 2.72. The van der Waals surface area contributed by atoms with Crippen molar-refractivity contribution in [3.05, 3.63) is 53.6 Å². The molecule has 0 radical (unpaired) electrons. The molecule has 0 unspecified atom stereocenters. The lowest BCUT2D eigenvalue weighted by Gasteiger charge is -2.08. The maximum atomic E-state index is 5.72. The van der Waals surface area contributed by atoms with E-state index in [9.17, 15) is 0 Å². The van der Waals surface area contributed by atoms with Gasteiger partial charge in [0.25, 0.3) is 0 Å². The van der Waals surface area contributed by atoms with E-state index < -0.39 is 0 Å². The highest BCUT2D eigenvalue weighted by Gasteiger charge is 2.18. The van der Waals surface area contributed by atoms with Crippen molar-refractivity contribution < 1.29 is 9.47 Å². The van der Waals surface area contributed by atoms with Gasteiger partial charge in [-0.2, -0.15) is 0 Å². The Morgan fingerprint density at radius 3 is 2.75 bits per heavy atom. The number of rotatable bonds is 4. The zero-order valence-corrected chi connectivity index (χ0v) is 11.8. The lowest BCUT2D eigenvalue weighted by Crippen LogP contribution is -2.05. The second-order valence-electron chi connectivity index (χ2n) is 5.16. The maximum Gasteiger partial charge on any atom is 0.123 e. The summed E-state index contributed by atoms with van der Waals surface area (Å²) in [6.45, 7) is 2.92. The normalized spacial score (nSPS) is 16.4. The van der Waals surface area contributed by atoms with E-state index in [0.29, 0.717) is 6.10 Å². The van der Waals surface area contributed by atoms with E-state index in [0.717, 1.165) is 30.2 Å². The van der Waals surface area contributed by atoms with Crippen molar-refractivity contribution in [1.29, 1.82) is 0 Å². The van der Waals surface area contributed by atoms with Crippen molar-refractivity contribution in [2.45, 2.75) is 26.0 Å². The first-order valence-corrected chi connectivity index (χ1v) is 6.91. The van der Waals surface area contributed by atoms with Gasteiger partial charge in [-0.25, -0.2) is 0 Å². The van der Waals surface area contributed by atoms with E-state index in [1.54, 1.807) is 7.11 Å². The molecule has 104 valence electrons. The number of hydrogen-bond donors (Lipinski definition) is 1. The standard InChI is InChI=1S/C17H19NO2/c1-12-9-14-10-13(3-8-17(14)20-12)11-18-15-4-6-16(19-2)7-5-15/h3-8,10,12,18H,9,11H2,1-2H3/t12-/m1/s1. The van der Waals surface area contributed by atoms with Crippen molar-refractivity contribution in [3.8, 4) is 11.5 Å². The molecule has 0 fully saturated rings. The van der Waals surface area contributed by atoms with Crippen LogP contribution in [0.3, 0.4) is 0 Å². The lowest BCUT2D eigenvalue weighted by atomic mass is 10.1. The molecule has 3 nitrogen and oxygen atoms in total. The molecule has 1 heterocycles. The lowest BCUT2D eigenvalue weighted by molar-refractivity contribution is 0.254. The van der Waals surface area contributed by atoms with E-state index in [4.69, 9.17) is 9.47 Å². The molecule has 1 N–H and O–H groups in total. The van der Waals surface area contributed by atoms with Gasteiger partial charge in [-0.05, 0) is 48.4 Å². The molecule has 0 bridgehead atoms. The second kappa shape index (κ2) is 5.45. The minimum atomic E-state index is 0.301. The Hall–Kier alpha value is -2.16. The molecule has 0 spiro atoms. The number of benzene rings is 2. The zero-order valence-electron chi connectivity index (χ0n) is 11.8. The average molecular weight is 269 g/mol. The molecular formula is C17H19NO2. The summed E-state index contributed by atoms with van der Waals surface area (Å²) in [5.74, 6) is 1.91. The molecule has 0 saturated carbocycles. The van der Waals surface area contributed by atoms with Gasteiger partial charge in [0.1, 0.15) is 17.6 Å². The zero-order chi connectivity index (χ0) is 13.9. The van der Waals surface area contributed by atoms with E-state index in [1.165, 1.54) is 11.1 Å². The van der Waals surface area contributed by atoms with Crippen LogP contribution in [-0.4, -0.2) is 13.2 Å². The van der Waals surface area contributed by atoms with Crippen LogP contribution in [-0.2, 0) is 13.0 Å². The first-order valence-electron chi connectivity index (χ1n) is 6.91. The van der Waals surface area contributed by atoms with Gasteiger partial charge in [0.05, 0.1) is 7.11 Å². The molecule has 2 aromatic rings. The van der Waals surface area contributed by atoms with Crippen LogP contribution in [0.25, 0.3) is 0 Å². The highest BCUT2D eigenvalue weighted by molar-refractivity contribution is 5.48. The molecule has 20 heavy (non-hydrogen) atoms. The van der Waals surface area contributed by atoms with Crippen LogP contribution in [0.15, 0.2) is 42.5 Å². The second-order valence-corrected chi connectivity index (χ2v) is 5.16. The number of methoxy groups -OCH3 is 1. The predicted molar refractivity (Wildman–Crippen MR) is 80.6 cm³/mol. The maximum absolute atomic E-state index is 5.72. The SMILES string of the molecule is COc1ccc(NCc2ccc3c(c2)C[C@@H](C)O3)cc1. The van der Waals surface area contributed by atoms with Crippen LogP contribution in [0.2, 0.25) is 0 Å². The van der Waals surface area contributed by atoms with Crippen LogP contribution in [0.4, 0.5) is 5.69 Å². The van der Waals surface area contributed by atoms with E-state index >= 15 is 0 Å². The van der Waals surface area contributed by atoms with Crippen LogP contribution >= 0.6 is 0 Å². The Morgan fingerprint density at radius 2 is 2.00 bits per heavy atom. The molecular weight excluding hydrogens is 250 g/mol. The molecule has 3 rings (SSSR count). The minimum absolute atomic E-state index is 0.301. The molecule has 0 aromatic heterocycles. The minimum Gasteiger partial charge on any atom is -0.497 e. The van der Waals surface area contributed by atoms with Crippen LogP contribution in [0.5, 0.6) is 11.5 Å². The smallest absolute Gasteiger partial charge is 0.123 e. The Kier molecular flexibility index (Phi) is 3.50. The molecule has 1 aliphatic heterocycles. The predicted octanol–water partition coefficient (Wildman–Crippen LogP) is 3.63. The highest BCUT2D eigenvalue weighted by Crippen LogP contribution is 2.29. The van der Waals surface area contributed by atoms with Crippen molar-refractivity contribution in [1.82, 2.24) is 0 Å². The Morgan fingerprint density at radius 1 is 1.20 bits per heavy atom. The summed E-state index contributed by atoms with van der Waals surface area (Å²) >= 11 is 0. The molecule has 1 atom stereocenters. The van der Waals surface area contributed by atoms with Crippen LogP contribution in [0, 0.1) is 0 Å². The summed E-state index contributed by atoms with van der Waals surface area (Å²) in [6, 6.07) is 14.4. The van der Waals surface area contributed by atoms with Crippen molar-refractivity contribution in [2.24, 2.45) is 0 Å². The van der Waals surface area contributed by atoms with Crippen LogP contribution < -0.4 is 14.8 Å². The first-order chi connectivity index (χ1) is 9.74. The van der Waals surface area contributed by atoms with Gasteiger partial charge in [-0.3, -0.25) is 0 Å². The van der Waals surface area contributed by atoms with Gasteiger partial charge in [-0.1, -0.05) is 12.1 Å². The van der Waals surface area contributed by atoms with Crippen molar-refractivity contribution in [3.63, 3.8) is 0 Å². The van der Waals surface area contributed by atoms with Gasteiger partial charge in [0.15, 0.2) is 0 Å². The Balaban J connectivity index is 1.65. The van der Waals surface area contributed by atoms with Crippen molar-refractivity contribution >= 4 is 5.69 Å². The van der Waals surface area contributed by atoms with E-state index in [2.05, 4.69) is 30.4 Å². The monoisotopic (exact) mass is 269 g/mol. The summed E-state index contributed by atoms with van der Waals surface area (Å²) in [4.78, 5) is 0. The summed E-state index contributed by atoms with van der Waals surface area (Å²) in [7, 11) is 1.68. The number of fused-ring (bicyclic) bond motifs is 1. The molecule has 0 aliphatic carbocycles. The Labute approximate surface area is 119 Å². The largest absolute Gasteiger partial charge is 0.497 e. The quantitative estimate of drug-likeness (QED) is 0.919. The third-order valence-electron chi connectivity index (χ3n) is 3.55. The highest BCUT2D eigenvalue weighted by atomic mass is 16.5. The fourth-order valence-corrected chi connectivity index (χ4v) is 2.50. The number of nitrogens with one attached hydrogen (secondary N) is 1. The average Bonchev–Trinajstić information content (AvgIpc) is 2.85. The topological polar surface area (TPSA) is 30.5 Å².